The second-order valence-corrected chi connectivity index (χ2v) is 3.29. The molecule has 0 spiro atoms. The van der Waals surface area contributed by atoms with Crippen LogP contribution in [0.1, 0.15) is 0 Å². The van der Waals surface area contributed by atoms with Crippen molar-refractivity contribution in [2.45, 2.75) is 0 Å². The van der Waals surface area contributed by atoms with E-state index in [1.807, 2.05) is 28.9 Å². The van der Waals surface area contributed by atoms with Crippen LogP contribution in [-0.2, 0) is 0 Å². The van der Waals surface area contributed by atoms with Crippen LogP contribution in [-0.4, -0.2) is 9.38 Å². The van der Waals surface area contributed by atoms with Crippen molar-refractivity contribution >= 4 is 40.6 Å². The van der Waals surface area contributed by atoms with Gasteiger partial charge in [0.2, 0.25) is 0 Å². The molecule has 0 radical (unpaired) electrons. The topological polar surface area (TPSA) is 17.3 Å². The van der Waals surface area contributed by atoms with Gasteiger partial charge in [0.25, 0.3) is 0 Å². The SMILES string of the molecule is Cl.Ic1ccc2nccn2c1. The lowest BCUT2D eigenvalue weighted by Gasteiger charge is -1.91. The number of rotatable bonds is 0. The van der Waals surface area contributed by atoms with Crippen LogP contribution >= 0.6 is 35.0 Å². The summed E-state index contributed by atoms with van der Waals surface area (Å²) in [7, 11) is 0. The normalized spacial score (nSPS) is 9.55. The van der Waals surface area contributed by atoms with Crippen molar-refractivity contribution in [2.75, 3.05) is 0 Å². The fraction of sp³-hybridized carbons (Fsp3) is 0. The molecule has 0 atom stereocenters. The number of pyridine rings is 1. The average molecular weight is 280 g/mol. The smallest absolute Gasteiger partial charge is 0.136 e. The molecule has 0 fully saturated rings. The fourth-order valence-corrected chi connectivity index (χ4v) is 1.37. The molecular formula is C7H6ClIN2. The lowest BCUT2D eigenvalue weighted by molar-refractivity contribution is 1.17. The molecule has 0 aliphatic carbocycles. The highest BCUT2D eigenvalue weighted by Crippen LogP contribution is 2.06. The first-order valence-electron chi connectivity index (χ1n) is 2.94. The summed E-state index contributed by atoms with van der Waals surface area (Å²) < 4.78 is 3.23. The van der Waals surface area contributed by atoms with Gasteiger partial charge in [-0.2, -0.15) is 0 Å². The highest BCUT2D eigenvalue weighted by atomic mass is 127. The van der Waals surface area contributed by atoms with E-state index in [2.05, 4.69) is 27.6 Å². The molecule has 2 heterocycles. The number of imidazole rings is 1. The second kappa shape index (κ2) is 3.40. The summed E-state index contributed by atoms with van der Waals surface area (Å²) >= 11 is 2.28. The summed E-state index contributed by atoms with van der Waals surface area (Å²) in [4.78, 5) is 4.12. The van der Waals surface area contributed by atoms with E-state index in [0.29, 0.717) is 0 Å². The van der Waals surface area contributed by atoms with Crippen LogP contribution in [0.3, 0.4) is 0 Å². The standard InChI is InChI=1S/C7H5IN2.ClH/c8-6-1-2-7-9-3-4-10(7)5-6;/h1-5H;1H. The Balaban J connectivity index is 0.000000605. The number of fused-ring (bicyclic) bond motifs is 1. The van der Waals surface area contributed by atoms with Gasteiger partial charge in [-0.1, -0.05) is 0 Å². The predicted octanol–water partition coefficient (Wildman–Crippen LogP) is 2.36. The van der Waals surface area contributed by atoms with Crippen molar-refractivity contribution in [1.82, 2.24) is 9.38 Å². The van der Waals surface area contributed by atoms with Crippen molar-refractivity contribution in [3.05, 3.63) is 34.3 Å². The van der Waals surface area contributed by atoms with E-state index >= 15 is 0 Å². The Morgan fingerprint density at radius 3 is 3.00 bits per heavy atom. The van der Waals surface area contributed by atoms with Gasteiger partial charge in [0.15, 0.2) is 0 Å². The van der Waals surface area contributed by atoms with Gasteiger partial charge >= 0.3 is 0 Å². The number of halogens is 2. The van der Waals surface area contributed by atoms with Crippen LogP contribution < -0.4 is 0 Å². The Morgan fingerprint density at radius 2 is 2.18 bits per heavy atom. The lowest BCUT2D eigenvalue weighted by Crippen LogP contribution is -1.82. The first-order valence-corrected chi connectivity index (χ1v) is 4.02. The number of hydrogen-bond acceptors (Lipinski definition) is 1. The molecule has 0 aliphatic rings. The van der Waals surface area contributed by atoms with Crippen LogP contribution in [0.2, 0.25) is 0 Å². The third-order valence-electron chi connectivity index (χ3n) is 1.35. The minimum absolute atomic E-state index is 0. The molecule has 0 saturated heterocycles. The Hall–Kier alpha value is -0.290. The Kier molecular flexibility index (Phi) is 2.72. The maximum Gasteiger partial charge on any atom is 0.136 e. The summed E-state index contributed by atoms with van der Waals surface area (Å²) in [5.41, 5.74) is 1.00. The van der Waals surface area contributed by atoms with Crippen molar-refractivity contribution in [1.29, 1.82) is 0 Å². The quantitative estimate of drug-likeness (QED) is 0.677. The molecular weight excluding hydrogens is 274 g/mol. The van der Waals surface area contributed by atoms with E-state index in [-0.39, 0.29) is 12.4 Å². The van der Waals surface area contributed by atoms with E-state index in [4.69, 9.17) is 0 Å². The van der Waals surface area contributed by atoms with Gasteiger partial charge in [0, 0.05) is 22.2 Å². The van der Waals surface area contributed by atoms with Gasteiger partial charge in [-0.3, -0.25) is 0 Å². The van der Waals surface area contributed by atoms with Gasteiger partial charge in [0.1, 0.15) is 5.65 Å². The van der Waals surface area contributed by atoms with E-state index < -0.39 is 0 Å². The average Bonchev–Trinajstić information content (AvgIpc) is 2.33. The summed E-state index contributed by atoms with van der Waals surface area (Å²) in [6, 6.07) is 4.05. The lowest BCUT2D eigenvalue weighted by atomic mass is 10.5. The maximum absolute atomic E-state index is 4.12. The number of nitrogens with zero attached hydrogens (tertiary/aromatic N) is 2. The Morgan fingerprint density at radius 1 is 1.36 bits per heavy atom. The highest BCUT2D eigenvalue weighted by Gasteiger charge is 1.91. The largest absolute Gasteiger partial charge is 0.306 e. The third kappa shape index (κ3) is 1.65. The van der Waals surface area contributed by atoms with Crippen molar-refractivity contribution in [3.63, 3.8) is 0 Å². The van der Waals surface area contributed by atoms with Crippen LogP contribution in [0.5, 0.6) is 0 Å². The fourth-order valence-electron chi connectivity index (χ4n) is 0.893. The number of aromatic nitrogens is 2. The van der Waals surface area contributed by atoms with Gasteiger partial charge in [-0.15, -0.1) is 12.4 Å². The van der Waals surface area contributed by atoms with Crippen LogP contribution in [0, 0.1) is 3.57 Å². The molecule has 0 unspecified atom stereocenters. The van der Waals surface area contributed by atoms with Gasteiger partial charge in [0.05, 0.1) is 0 Å². The zero-order chi connectivity index (χ0) is 6.97. The van der Waals surface area contributed by atoms with Crippen LogP contribution in [0.25, 0.3) is 5.65 Å². The highest BCUT2D eigenvalue weighted by molar-refractivity contribution is 14.1. The second-order valence-electron chi connectivity index (χ2n) is 2.04. The molecule has 4 heteroatoms. The summed E-state index contributed by atoms with van der Waals surface area (Å²) in [5, 5.41) is 0. The first-order chi connectivity index (χ1) is 4.86. The molecule has 2 nitrogen and oxygen atoms in total. The molecule has 0 amide bonds. The van der Waals surface area contributed by atoms with E-state index in [0.717, 1.165) is 5.65 Å². The van der Waals surface area contributed by atoms with Crippen molar-refractivity contribution in [3.8, 4) is 0 Å². The molecule has 0 N–H and O–H groups in total. The zero-order valence-corrected chi connectivity index (χ0v) is 8.54. The van der Waals surface area contributed by atoms with E-state index in [9.17, 15) is 0 Å². The maximum atomic E-state index is 4.12. The van der Waals surface area contributed by atoms with E-state index in [1.54, 1.807) is 6.20 Å². The molecule has 2 aromatic rings. The molecule has 0 aromatic carbocycles. The van der Waals surface area contributed by atoms with Gasteiger partial charge in [-0.05, 0) is 34.7 Å². The van der Waals surface area contributed by atoms with E-state index in [1.165, 1.54) is 3.57 Å². The summed E-state index contributed by atoms with van der Waals surface area (Å²) in [6.07, 6.45) is 5.78. The monoisotopic (exact) mass is 280 g/mol. The third-order valence-corrected chi connectivity index (χ3v) is 1.99. The predicted molar refractivity (Wildman–Crippen MR) is 55.2 cm³/mol. The molecule has 2 rings (SSSR count). The molecule has 58 valence electrons. The minimum atomic E-state index is 0. The molecule has 11 heavy (non-hydrogen) atoms. The summed E-state index contributed by atoms with van der Waals surface area (Å²) in [5.74, 6) is 0. The first kappa shape index (κ1) is 8.80. The Labute approximate surface area is 84.2 Å². The molecule has 0 saturated carbocycles. The van der Waals surface area contributed by atoms with Crippen LogP contribution in [0.15, 0.2) is 30.7 Å². The Bertz CT molecular complexity index is 358. The van der Waals surface area contributed by atoms with Crippen molar-refractivity contribution < 1.29 is 0 Å². The van der Waals surface area contributed by atoms with Gasteiger partial charge < -0.3 is 4.40 Å². The minimum Gasteiger partial charge on any atom is -0.306 e. The zero-order valence-electron chi connectivity index (χ0n) is 5.57. The summed E-state index contributed by atoms with van der Waals surface area (Å²) in [6.45, 7) is 0. The van der Waals surface area contributed by atoms with Crippen molar-refractivity contribution in [2.24, 2.45) is 0 Å². The number of hydrogen-bond donors (Lipinski definition) is 0. The van der Waals surface area contributed by atoms with Gasteiger partial charge in [-0.25, -0.2) is 4.98 Å². The molecule has 0 aliphatic heterocycles. The van der Waals surface area contributed by atoms with Crippen LogP contribution in [0.4, 0.5) is 0 Å². The molecule has 0 bridgehead atoms. The molecule has 2 aromatic heterocycles.